The van der Waals surface area contributed by atoms with E-state index in [0.717, 1.165) is 29.8 Å². The number of rotatable bonds is 7. The average molecular weight is 348 g/mol. The van der Waals surface area contributed by atoms with Gasteiger partial charge in [0, 0.05) is 11.0 Å². The van der Waals surface area contributed by atoms with E-state index in [2.05, 4.69) is 52.4 Å². The second-order valence-electron chi connectivity index (χ2n) is 5.26. The molecule has 112 valence electrons. The maximum absolute atomic E-state index is 5.86. The number of benzene rings is 2. The van der Waals surface area contributed by atoms with Gasteiger partial charge in [0.05, 0.1) is 6.61 Å². The molecule has 1 N–H and O–H groups in total. The third kappa shape index (κ3) is 5.18. The van der Waals surface area contributed by atoms with E-state index in [1.165, 1.54) is 11.1 Å². The predicted octanol–water partition coefficient (Wildman–Crippen LogP) is 4.53. The lowest BCUT2D eigenvalue weighted by Crippen LogP contribution is -2.19. The highest BCUT2D eigenvalue weighted by Gasteiger charge is 2.11. The molecule has 0 heterocycles. The van der Waals surface area contributed by atoms with Crippen LogP contribution in [-0.2, 0) is 0 Å². The predicted molar refractivity (Wildman–Crippen MR) is 92.1 cm³/mol. The van der Waals surface area contributed by atoms with Gasteiger partial charge in [-0.15, -0.1) is 0 Å². The standard InChI is InChI=1S/C18H22BrNO/c1-14-5-3-6-15(11-14)16(13-20-2)9-10-21-18-8-4-7-17(19)12-18/h3-8,11-12,16,20H,9-10,13H2,1-2H3. The van der Waals surface area contributed by atoms with E-state index in [9.17, 15) is 0 Å². The van der Waals surface area contributed by atoms with Gasteiger partial charge in [-0.2, -0.15) is 0 Å². The molecule has 0 radical (unpaired) electrons. The van der Waals surface area contributed by atoms with Crippen molar-refractivity contribution in [3.63, 3.8) is 0 Å². The number of aryl methyl sites for hydroxylation is 1. The molecule has 0 saturated heterocycles. The summed E-state index contributed by atoms with van der Waals surface area (Å²) in [6.07, 6.45) is 0.997. The minimum absolute atomic E-state index is 0.474. The van der Waals surface area contributed by atoms with Crippen molar-refractivity contribution in [1.29, 1.82) is 0 Å². The number of hydrogen-bond acceptors (Lipinski definition) is 2. The van der Waals surface area contributed by atoms with Crippen LogP contribution in [0, 0.1) is 6.92 Å². The summed E-state index contributed by atoms with van der Waals surface area (Å²) >= 11 is 3.46. The Kier molecular flexibility index (Phi) is 6.27. The van der Waals surface area contributed by atoms with Gasteiger partial charge in [0.1, 0.15) is 5.75 Å². The molecule has 0 saturated carbocycles. The van der Waals surface area contributed by atoms with Gasteiger partial charge in [-0.1, -0.05) is 51.8 Å². The summed E-state index contributed by atoms with van der Waals surface area (Å²) in [6, 6.07) is 16.7. The van der Waals surface area contributed by atoms with Gasteiger partial charge in [-0.25, -0.2) is 0 Å². The first-order chi connectivity index (χ1) is 10.2. The third-order valence-electron chi connectivity index (χ3n) is 3.50. The van der Waals surface area contributed by atoms with Crippen molar-refractivity contribution < 1.29 is 4.74 Å². The minimum atomic E-state index is 0.474. The Labute approximate surface area is 135 Å². The van der Waals surface area contributed by atoms with Crippen LogP contribution >= 0.6 is 15.9 Å². The molecule has 1 atom stereocenters. The Morgan fingerprint density at radius 1 is 1.14 bits per heavy atom. The van der Waals surface area contributed by atoms with Gasteiger partial charge in [0.2, 0.25) is 0 Å². The maximum atomic E-state index is 5.86. The van der Waals surface area contributed by atoms with Gasteiger partial charge in [-0.3, -0.25) is 0 Å². The second kappa shape index (κ2) is 8.20. The molecule has 21 heavy (non-hydrogen) atoms. The van der Waals surface area contributed by atoms with E-state index in [-0.39, 0.29) is 0 Å². The van der Waals surface area contributed by atoms with Gasteiger partial charge in [0.25, 0.3) is 0 Å². The fourth-order valence-corrected chi connectivity index (χ4v) is 2.81. The third-order valence-corrected chi connectivity index (χ3v) is 3.99. The molecule has 0 aromatic heterocycles. The molecule has 2 nitrogen and oxygen atoms in total. The van der Waals surface area contributed by atoms with Crippen molar-refractivity contribution in [3.8, 4) is 5.75 Å². The number of ether oxygens (including phenoxy) is 1. The molecule has 0 aliphatic carbocycles. The highest BCUT2D eigenvalue weighted by Crippen LogP contribution is 2.22. The largest absolute Gasteiger partial charge is 0.494 e. The number of hydrogen-bond donors (Lipinski definition) is 1. The molecule has 0 aliphatic rings. The molecule has 0 fully saturated rings. The lowest BCUT2D eigenvalue weighted by molar-refractivity contribution is 0.296. The first-order valence-corrected chi connectivity index (χ1v) is 8.08. The Bertz CT molecular complexity index is 571. The number of halogens is 1. The smallest absolute Gasteiger partial charge is 0.120 e. The van der Waals surface area contributed by atoms with E-state index in [1.807, 2.05) is 31.3 Å². The molecular formula is C18H22BrNO. The van der Waals surface area contributed by atoms with E-state index < -0.39 is 0 Å². The van der Waals surface area contributed by atoms with Crippen LogP contribution in [0.2, 0.25) is 0 Å². The van der Waals surface area contributed by atoms with Crippen molar-refractivity contribution in [2.24, 2.45) is 0 Å². The van der Waals surface area contributed by atoms with Gasteiger partial charge in [-0.05, 0) is 50.1 Å². The van der Waals surface area contributed by atoms with Crippen LogP contribution in [0.4, 0.5) is 0 Å². The average Bonchev–Trinajstić information content (AvgIpc) is 2.46. The molecule has 2 aromatic carbocycles. The van der Waals surface area contributed by atoms with Crippen molar-refractivity contribution in [2.75, 3.05) is 20.2 Å². The van der Waals surface area contributed by atoms with Crippen molar-refractivity contribution in [2.45, 2.75) is 19.3 Å². The summed E-state index contributed by atoms with van der Waals surface area (Å²) in [4.78, 5) is 0. The SMILES string of the molecule is CNCC(CCOc1cccc(Br)c1)c1cccc(C)c1. The molecule has 0 amide bonds. The monoisotopic (exact) mass is 347 g/mol. The van der Waals surface area contributed by atoms with Crippen LogP contribution in [0.25, 0.3) is 0 Å². The molecule has 0 spiro atoms. The van der Waals surface area contributed by atoms with Crippen molar-refractivity contribution >= 4 is 15.9 Å². The number of nitrogens with one attached hydrogen (secondary N) is 1. The molecule has 2 rings (SSSR count). The summed E-state index contributed by atoms with van der Waals surface area (Å²) in [5.41, 5.74) is 2.68. The zero-order valence-corrected chi connectivity index (χ0v) is 14.2. The molecular weight excluding hydrogens is 326 g/mol. The van der Waals surface area contributed by atoms with Crippen LogP contribution in [0.5, 0.6) is 5.75 Å². The van der Waals surface area contributed by atoms with E-state index >= 15 is 0 Å². The topological polar surface area (TPSA) is 21.3 Å². The van der Waals surface area contributed by atoms with E-state index in [0.29, 0.717) is 5.92 Å². The zero-order valence-electron chi connectivity index (χ0n) is 12.6. The first-order valence-electron chi connectivity index (χ1n) is 7.28. The molecule has 2 aromatic rings. The zero-order chi connectivity index (χ0) is 15.1. The van der Waals surface area contributed by atoms with Gasteiger partial charge >= 0.3 is 0 Å². The number of likely N-dealkylation sites (N-methyl/N-ethyl adjacent to an activating group) is 1. The van der Waals surface area contributed by atoms with Gasteiger partial charge < -0.3 is 10.1 Å². The molecule has 0 bridgehead atoms. The van der Waals surface area contributed by atoms with Crippen LogP contribution in [-0.4, -0.2) is 20.2 Å². The minimum Gasteiger partial charge on any atom is -0.494 e. The summed E-state index contributed by atoms with van der Waals surface area (Å²) < 4.78 is 6.90. The van der Waals surface area contributed by atoms with Gasteiger partial charge in [0.15, 0.2) is 0 Å². The maximum Gasteiger partial charge on any atom is 0.120 e. The summed E-state index contributed by atoms with van der Waals surface area (Å²) in [5.74, 6) is 1.39. The van der Waals surface area contributed by atoms with E-state index in [4.69, 9.17) is 4.74 Å². The first kappa shape index (κ1) is 16.1. The highest BCUT2D eigenvalue weighted by molar-refractivity contribution is 9.10. The van der Waals surface area contributed by atoms with Crippen LogP contribution in [0.1, 0.15) is 23.5 Å². The molecule has 0 aliphatic heterocycles. The summed E-state index contributed by atoms with van der Waals surface area (Å²) in [7, 11) is 2.00. The lowest BCUT2D eigenvalue weighted by Gasteiger charge is -2.18. The molecule has 3 heteroatoms. The summed E-state index contributed by atoms with van der Waals surface area (Å²) in [6.45, 7) is 3.82. The fourth-order valence-electron chi connectivity index (χ4n) is 2.43. The van der Waals surface area contributed by atoms with E-state index in [1.54, 1.807) is 0 Å². The Morgan fingerprint density at radius 2 is 1.95 bits per heavy atom. The fraction of sp³-hybridized carbons (Fsp3) is 0.333. The normalized spacial score (nSPS) is 12.1. The summed E-state index contributed by atoms with van der Waals surface area (Å²) in [5, 5.41) is 3.28. The Balaban J connectivity index is 1.94. The van der Waals surface area contributed by atoms with Crippen molar-refractivity contribution in [3.05, 3.63) is 64.1 Å². The lowest BCUT2D eigenvalue weighted by atomic mass is 9.95. The quantitative estimate of drug-likeness (QED) is 0.794. The van der Waals surface area contributed by atoms with Crippen LogP contribution < -0.4 is 10.1 Å². The Hall–Kier alpha value is -1.32. The Morgan fingerprint density at radius 3 is 2.67 bits per heavy atom. The van der Waals surface area contributed by atoms with Crippen molar-refractivity contribution in [1.82, 2.24) is 5.32 Å². The second-order valence-corrected chi connectivity index (χ2v) is 6.18. The molecule has 1 unspecified atom stereocenters. The highest BCUT2D eigenvalue weighted by atomic mass is 79.9. The van der Waals surface area contributed by atoms with Crippen LogP contribution in [0.3, 0.4) is 0 Å². The van der Waals surface area contributed by atoms with Crippen LogP contribution in [0.15, 0.2) is 53.0 Å².